The van der Waals surface area contributed by atoms with Crippen LogP contribution in [0.1, 0.15) is 37.0 Å². The van der Waals surface area contributed by atoms with E-state index in [2.05, 4.69) is 5.32 Å². The number of benzene rings is 4. The predicted octanol–water partition coefficient (Wildman–Crippen LogP) is 6.96. The number of amides is 1. The van der Waals surface area contributed by atoms with E-state index in [0.717, 1.165) is 26.7 Å². The van der Waals surface area contributed by atoms with Crippen LogP contribution in [0.3, 0.4) is 0 Å². The zero-order valence-electron chi connectivity index (χ0n) is 25.0. The summed E-state index contributed by atoms with van der Waals surface area (Å²) in [6.07, 6.45) is 0.505. The average molecular weight is 648 g/mol. The molecular weight excluding hydrogens is 614 g/mol. The van der Waals surface area contributed by atoms with E-state index in [-0.39, 0.29) is 36.8 Å². The van der Waals surface area contributed by atoms with Crippen molar-refractivity contribution < 1.29 is 33.7 Å². The minimum Gasteiger partial charge on any atom is -0.489 e. The lowest BCUT2D eigenvalue weighted by atomic mass is 9.93. The first-order valence-corrected chi connectivity index (χ1v) is 15.6. The third kappa shape index (κ3) is 9.11. The number of aryl methyl sites for hydroxylation is 1. The lowest BCUT2D eigenvalue weighted by Gasteiger charge is -2.24. The van der Waals surface area contributed by atoms with Gasteiger partial charge in [0.2, 0.25) is 5.91 Å². The van der Waals surface area contributed by atoms with Crippen molar-refractivity contribution in [2.45, 2.75) is 48.7 Å². The maximum atomic E-state index is 12.8. The maximum Gasteiger partial charge on any atom is 0.354 e. The Balaban J connectivity index is 1.35. The van der Waals surface area contributed by atoms with E-state index in [1.165, 1.54) is 18.2 Å². The quantitative estimate of drug-likeness (QED) is 0.112. The van der Waals surface area contributed by atoms with Crippen molar-refractivity contribution in [2.75, 3.05) is 18.5 Å². The second-order valence-electron chi connectivity index (χ2n) is 9.88. The van der Waals surface area contributed by atoms with Crippen molar-refractivity contribution in [2.24, 2.45) is 0 Å². The van der Waals surface area contributed by atoms with Crippen LogP contribution in [0.25, 0.3) is 0 Å². The summed E-state index contributed by atoms with van der Waals surface area (Å²) >= 11 is 8.14. The summed E-state index contributed by atoms with van der Waals surface area (Å²) in [7, 11) is 0. The number of hydrogen-bond donors (Lipinski definition) is 2. The van der Waals surface area contributed by atoms with Crippen LogP contribution in [0.5, 0.6) is 5.75 Å². The largest absolute Gasteiger partial charge is 0.489 e. The summed E-state index contributed by atoms with van der Waals surface area (Å²) < 4.78 is 15.8. The molecule has 0 heterocycles. The zero-order chi connectivity index (χ0) is 32.2. The number of carbonyl (C=O) groups is 3. The molecule has 0 bridgehead atoms. The molecule has 0 spiro atoms. The molecule has 0 atom stereocenters. The number of ether oxygens (including phenoxy) is 3. The van der Waals surface area contributed by atoms with Gasteiger partial charge in [0.1, 0.15) is 12.4 Å². The van der Waals surface area contributed by atoms with Crippen LogP contribution >= 0.6 is 23.4 Å². The Morgan fingerprint density at radius 2 is 1.51 bits per heavy atom. The number of hydrogen-bond acceptors (Lipinski definition) is 8. The first-order chi connectivity index (χ1) is 21.7. The van der Waals surface area contributed by atoms with E-state index < -0.39 is 17.5 Å². The van der Waals surface area contributed by atoms with Gasteiger partial charge in [-0.1, -0.05) is 78.0 Å². The molecular formula is C35H34ClNO7S. The third-order valence-electron chi connectivity index (χ3n) is 6.64. The summed E-state index contributed by atoms with van der Waals surface area (Å²) in [6.45, 7) is 3.51. The van der Waals surface area contributed by atoms with Gasteiger partial charge in [-0.15, -0.1) is 0 Å². The fourth-order valence-corrected chi connectivity index (χ4v) is 5.63. The van der Waals surface area contributed by atoms with Gasteiger partial charge in [-0.25, -0.2) is 9.59 Å². The molecule has 1 amide bonds. The summed E-state index contributed by atoms with van der Waals surface area (Å²) in [5.41, 5.74) is -0.561. The predicted molar refractivity (Wildman–Crippen MR) is 173 cm³/mol. The van der Waals surface area contributed by atoms with Crippen LogP contribution in [-0.2, 0) is 42.5 Å². The van der Waals surface area contributed by atoms with Gasteiger partial charge in [-0.2, -0.15) is 0 Å². The highest BCUT2D eigenvalue weighted by Gasteiger charge is 2.49. The van der Waals surface area contributed by atoms with Crippen molar-refractivity contribution >= 4 is 46.9 Å². The molecule has 4 aromatic rings. The lowest BCUT2D eigenvalue weighted by molar-refractivity contribution is -0.184. The second-order valence-corrected chi connectivity index (χ2v) is 11.4. The number of rotatable bonds is 14. The molecule has 0 aliphatic rings. The molecule has 4 rings (SSSR count). The summed E-state index contributed by atoms with van der Waals surface area (Å²) in [5.74, 6) is -1.86. The summed E-state index contributed by atoms with van der Waals surface area (Å²) in [4.78, 5) is 39.8. The molecule has 0 aromatic heterocycles. The minimum atomic E-state index is -2.67. The molecule has 234 valence electrons. The van der Waals surface area contributed by atoms with Crippen LogP contribution in [-0.4, -0.2) is 36.2 Å². The Morgan fingerprint density at radius 3 is 2.20 bits per heavy atom. The van der Waals surface area contributed by atoms with Gasteiger partial charge in [0.25, 0.3) is 5.60 Å². The molecule has 10 heteroatoms. The monoisotopic (exact) mass is 647 g/mol. The fourth-order valence-electron chi connectivity index (χ4n) is 4.38. The van der Waals surface area contributed by atoms with Gasteiger partial charge in [0.15, 0.2) is 0 Å². The fraction of sp³-hybridized carbons (Fsp3) is 0.229. The van der Waals surface area contributed by atoms with Crippen LogP contribution in [0.15, 0.2) is 107 Å². The molecule has 0 fully saturated rings. The Hall–Kier alpha value is -4.31. The summed E-state index contributed by atoms with van der Waals surface area (Å²) in [6, 6.07) is 29.4. The van der Waals surface area contributed by atoms with Crippen molar-refractivity contribution in [3.8, 4) is 5.75 Å². The van der Waals surface area contributed by atoms with Crippen molar-refractivity contribution in [3.05, 3.63) is 119 Å². The Bertz CT molecular complexity index is 1610. The van der Waals surface area contributed by atoms with Gasteiger partial charge in [0.05, 0.1) is 13.2 Å². The van der Waals surface area contributed by atoms with Crippen molar-refractivity contribution in [3.63, 3.8) is 0 Å². The molecule has 8 nitrogen and oxygen atoms in total. The zero-order valence-corrected chi connectivity index (χ0v) is 26.5. The normalized spacial score (nSPS) is 11.0. The molecule has 2 N–H and O–H groups in total. The molecule has 0 aliphatic carbocycles. The molecule has 0 aliphatic heterocycles. The van der Waals surface area contributed by atoms with Gasteiger partial charge in [-0.05, 0) is 73.9 Å². The summed E-state index contributed by atoms with van der Waals surface area (Å²) in [5, 5.41) is 14.3. The van der Waals surface area contributed by atoms with E-state index in [9.17, 15) is 19.5 Å². The molecule has 0 saturated carbocycles. The highest BCUT2D eigenvalue weighted by molar-refractivity contribution is 7.99. The van der Waals surface area contributed by atoms with Crippen molar-refractivity contribution in [1.82, 2.24) is 0 Å². The van der Waals surface area contributed by atoms with E-state index in [0.29, 0.717) is 18.1 Å². The van der Waals surface area contributed by atoms with E-state index >= 15 is 0 Å². The van der Waals surface area contributed by atoms with E-state index in [1.54, 1.807) is 31.7 Å². The molecule has 0 unspecified atom stereocenters. The molecule has 0 saturated heterocycles. The van der Waals surface area contributed by atoms with Gasteiger partial charge in [-0.3, -0.25) is 4.79 Å². The van der Waals surface area contributed by atoms with Gasteiger partial charge < -0.3 is 24.6 Å². The number of carbonyl (C=O) groups excluding carboxylic acids is 3. The number of nitrogens with one attached hydrogen (secondary N) is 1. The van der Waals surface area contributed by atoms with Gasteiger partial charge >= 0.3 is 11.9 Å². The molecule has 4 aromatic carbocycles. The average Bonchev–Trinajstić information content (AvgIpc) is 3.04. The van der Waals surface area contributed by atoms with E-state index in [1.807, 2.05) is 72.8 Å². The molecule has 0 radical (unpaired) electrons. The third-order valence-corrected chi connectivity index (χ3v) is 7.97. The Labute approximate surface area is 271 Å². The van der Waals surface area contributed by atoms with Crippen LogP contribution in [0, 0.1) is 0 Å². The second kappa shape index (κ2) is 16.1. The first-order valence-electron chi connectivity index (χ1n) is 14.4. The van der Waals surface area contributed by atoms with Gasteiger partial charge in [0, 0.05) is 32.5 Å². The smallest absolute Gasteiger partial charge is 0.354 e. The lowest BCUT2D eigenvalue weighted by Crippen LogP contribution is -2.46. The standard InChI is InChI=1S/C35H34ClNO7S/c1-3-42-33(39)35(41,34(40)43-4-2)26-12-8-13-27(20-26)37-32(38)19-17-25-16-18-30(22-31(25)36)45-29-15-9-14-28(21-29)44-23-24-10-6-5-7-11-24/h5-16,18,20-22,41H,3-4,17,19,23H2,1-2H3,(H,37,38). The Kier molecular flexibility index (Phi) is 12.0. The maximum absolute atomic E-state index is 12.8. The van der Waals surface area contributed by atoms with Crippen molar-refractivity contribution in [1.29, 1.82) is 0 Å². The number of esters is 2. The highest BCUT2D eigenvalue weighted by atomic mass is 35.5. The van der Waals surface area contributed by atoms with Crippen LogP contribution in [0.4, 0.5) is 5.69 Å². The number of halogens is 1. The topological polar surface area (TPSA) is 111 Å². The highest BCUT2D eigenvalue weighted by Crippen LogP contribution is 2.33. The number of aliphatic hydroxyl groups is 1. The minimum absolute atomic E-state index is 0.0451. The molecule has 45 heavy (non-hydrogen) atoms. The first kappa shape index (κ1) is 33.6. The Morgan fingerprint density at radius 1 is 0.822 bits per heavy atom. The SMILES string of the molecule is CCOC(=O)C(O)(C(=O)OCC)c1cccc(NC(=O)CCc2ccc(Sc3cccc(OCc4ccccc4)c3)cc2Cl)c1. The number of anilines is 1. The van der Waals surface area contributed by atoms with Crippen LogP contribution < -0.4 is 10.1 Å². The van der Waals surface area contributed by atoms with Crippen LogP contribution in [0.2, 0.25) is 5.02 Å². The van der Waals surface area contributed by atoms with E-state index in [4.69, 9.17) is 25.8 Å².